The Kier molecular flexibility index (Phi) is 5.23. The molecule has 1 aliphatic heterocycles. The number of benzene rings is 3. The van der Waals surface area contributed by atoms with Crippen molar-refractivity contribution in [3.8, 4) is 0 Å². The number of sulfonamides is 1. The van der Waals surface area contributed by atoms with Crippen LogP contribution in [0, 0.1) is 0 Å². The average Bonchev–Trinajstić information content (AvgIpc) is 3.17. The fourth-order valence-corrected chi connectivity index (χ4v) is 6.05. The summed E-state index contributed by atoms with van der Waals surface area (Å²) >= 11 is 0. The van der Waals surface area contributed by atoms with Gasteiger partial charge in [0, 0.05) is 40.7 Å². The largest absolute Gasteiger partial charge is 0.456 e. The van der Waals surface area contributed by atoms with Gasteiger partial charge in [0.2, 0.25) is 10.0 Å². The van der Waals surface area contributed by atoms with E-state index in [2.05, 4.69) is 5.32 Å². The second-order valence-corrected chi connectivity index (χ2v) is 10.1. The van der Waals surface area contributed by atoms with Crippen molar-refractivity contribution >= 4 is 43.6 Å². The van der Waals surface area contributed by atoms with Crippen LogP contribution in [-0.2, 0) is 10.0 Å². The third-order valence-electron chi connectivity index (χ3n) is 6.10. The van der Waals surface area contributed by atoms with Crippen LogP contribution >= 0.6 is 0 Å². The Labute approximate surface area is 186 Å². The first-order valence-corrected chi connectivity index (χ1v) is 12.2. The predicted octanol–water partition coefficient (Wildman–Crippen LogP) is 5.40. The molecule has 1 fully saturated rings. The van der Waals surface area contributed by atoms with E-state index < -0.39 is 10.0 Å². The summed E-state index contributed by atoms with van der Waals surface area (Å²) in [5, 5.41) is 4.88. The van der Waals surface area contributed by atoms with E-state index in [1.807, 2.05) is 43.3 Å². The van der Waals surface area contributed by atoms with Crippen molar-refractivity contribution in [2.75, 3.05) is 11.9 Å². The van der Waals surface area contributed by atoms with Crippen LogP contribution in [0.3, 0.4) is 0 Å². The number of carbonyl (C=O) groups excluding carboxylic acids is 1. The molecule has 0 spiro atoms. The Morgan fingerprint density at radius 1 is 0.969 bits per heavy atom. The van der Waals surface area contributed by atoms with Crippen LogP contribution in [0.5, 0.6) is 0 Å². The minimum absolute atomic E-state index is 0.00936. The van der Waals surface area contributed by atoms with Crippen LogP contribution in [0.1, 0.15) is 36.5 Å². The molecule has 4 aromatic rings. The molecule has 6 nitrogen and oxygen atoms in total. The molecule has 5 rings (SSSR count). The van der Waals surface area contributed by atoms with Gasteiger partial charge in [0.1, 0.15) is 11.2 Å². The number of nitrogens with one attached hydrogen (secondary N) is 1. The molecular weight excluding hydrogens is 424 g/mol. The molecule has 2 heterocycles. The number of rotatable bonds is 4. The summed E-state index contributed by atoms with van der Waals surface area (Å²) in [5.41, 5.74) is 2.49. The fraction of sp³-hybridized carbons (Fsp3) is 0.240. The Morgan fingerprint density at radius 2 is 1.72 bits per heavy atom. The van der Waals surface area contributed by atoms with Gasteiger partial charge in [-0.1, -0.05) is 24.6 Å². The third-order valence-corrected chi connectivity index (χ3v) is 8.13. The second-order valence-electron chi connectivity index (χ2n) is 8.25. The summed E-state index contributed by atoms with van der Waals surface area (Å²) in [6.45, 7) is 2.48. The topological polar surface area (TPSA) is 79.6 Å². The summed E-state index contributed by atoms with van der Waals surface area (Å²) in [5.74, 6) is -0.309. The molecule has 1 amide bonds. The molecule has 32 heavy (non-hydrogen) atoms. The van der Waals surface area contributed by atoms with Gasteiger partial charge in [-0.15, -0.1) is 0 Å². The fourth-order valence-electron chi connectivity index (χ4n) is 4.35. The van der Waals surface area contributed by atoms with E-state index in [9.17, 15) is 13.2 Å². The first-order chi connectivity index (χ1) is 15.4. The quantitative estimate of drug-likeness (QED) is 0.453. The standard InChI is InChI=1S/C25H24N2O4S/c1-17-6-4-5-15-27(17)32(29,30)20-12-9-18(10-13-20)25(28)26-19-11-14-22-21-7-2-3-8-23(21)31-24(22)16-19/h2-3,7-14,16-17H,4-6,15H2,1H3,(H,26,28)/t17-/m0/s1. The molecule has 3 aromatic carbocycles. The van der Waals surface area contributed by atoms with Crippen LogP contribution in [0.4, 0.5) is 5.69 Å². The molecule has 0 aliphatic carbocycles. The summed E-state index contributed by atoms with van der Waals surface area (Å²) in [4.78, 5) is 12.9. The van der Waals surface area contributed by atoms with Crippen molar-refractivity contribution in [3.63, 3.8) is 0 Å². The lowest BCUT2D eigenvalue weighted by Gasteiger charge is -2.32. The highest BCUT2D eigenvalue weighted by Gasteiger charge is 2.30. The number of anilines is 1. The first kappa shape index (κ1) is 20.7. The number of carbonyl (C=O) groups is 1. The predicted molar refractivity (Wildman–Crippen MR) is 125 cm³/mol. The molecule has 1 aromatic heterocycles. The molecule has 0 saturated carbocycles. The van der Waals surface area contributed by atoms with E-state index in [4.69, 9.17) is 4.42 Å². The molecule has 1 N–H and O–H groups in total. The minimum Gasteiger partial charge on any atom is -0.456 e. The number of hydrogen-bond donors (Lipinski definition) is 1. The minimum atomic E-state index is -3.56. The van der Waals surface area contributed by atoms with Crippen LogP contribution in [-0.4, -0.2) is 31.2 Å². The summed E-state index contributed by atoms with van der Waals surface area (Å²) in [6, 6.07) is 19.5. The smallest absolute Gasteiger partial charge is 0.255 e. The zero-order chi connectivity index (χ0) is 22.3. The lowest BCUT2D eigenvalue weighted by molar-refractivity contribution is 0.102. The maximum Gasteiger partial charge on any atom is 0.255 e. The van der Waals surface area contributed by atoms with Crippen molar-refractivity contribution in [1.29, 1.82) is 0 Å². The third kappa shape index (κ3) is 3.67. The zero-order valence-electron chi connectivity index (χ0n) is 17.7. The van der Waals surface area contributed by atoms with E-state index in [1.54, 1.807) is 22.5 Å². The highest BCUT2D eigenvalue weighted by atomic mass is 32.2. The Morgan fingerprint density at radius 3 is 2.50 bits per heavy atom. The van der Waals surface area contributed by atoms with Crippen LogP contribution in [0.15, 0.2) is 76.0 Å². The van der Waals surface area contributed by atoms with E-state index in [1.165, 1.54) is 12.1 Å². The average molecular weight is 449 g/mol. The number of fused-ring (bicyclic) bond motifs is 3. The highest BCUT2D eigenvalue weighted by molar-refractivity contribution is 7.89. The number of amides is 1. The maximum absolute atomic E-state index is 13.0. The summed E-state index contributed by atoms with van der Waals surface area (Å²) < 4.78 is 33.4. The normalized spacial score (nSPS) is 17.6. The van der Waals surface area contributed by atoms with Crippen molar-refractivity contribution in [2.45, 2.75) is 37.1 Å². The maximum atomic E-state index is 13.0. The Hall–Kier alpha value is -3.16. The summed E-state index contributed by atoms with van der Waals surface area (Å²) in [6.07, 6.45) is 2.79. The molecule has 0 bridgehead atoms. The van der Waals surface area contributed by atoms with Gasteiger partial charge in [0.05, 0.1) is 4.90 Å². The zero-order valence-corrected chi connectivity index (χ0v) is 18.6. The highest BCUT2D eigenvalue weighted by Crippen LogP contribution is 2.30. The Bertz CT molecular complexity index is 1410. The van der Waals surface area contributed by atoms with Gasteiger partial charge in [-0.2, -0.15) is 4.31 Å². The van der Waals surface area contributed by atoms with Gasteiger partial charge in [0.25, 0.3) is 5.91 Å². The molecule has 1 saturated heterocycles. The molecule has 0 radical (unpaired) electrons. The lowest BCUT2D eigenvalue weighted by atomic mass is 10.1. The van der Waals surface area contributed by atoms with Gasteiger partial charge >= 0.3 is 0 Å². The molecule has 1 aliphatic rings. The van der Waals surface area contributed by atoms with Crippen molar-refractivity contribution in [1.82, 2.24) is 4.31 Å². The first-order valence-electron chi connectivity index (χ1n) is 10.8. The second kappa shape index (κ2) is 8.07. The van der Waals surface area contributed by atoms with Crippen molar-refractivity contribution in [2.24, 2.45) is 0 Å². The van der Waals surface area contributed by atoms with E-state index in [0.717, 1.165) is 35.6 Å². The van der Waals surface area contributed by atoms with E-state index in [-0.39, 0.29) is 16.8 Å². The van der Waals surface area contributed by atoms with Gasteiger partial charge in [-0.25, -0.2) is 8.42 Å². The number of furan rings is 1. The van der Waals surface area contributed by atoms with Gasteiger partial charge in [-0.05, 0) is 62.2 Å². The van der Waals surface area contributed by atoms with Gasteiger partial charge in [0.15, 0.2) is 0 Å². The van der Waals surface area contributed by atoms with Crippen LogP contribution in [0.2, 0.25) is 0 Å². The number of para-hydroxylation sites is 1. The monoisotopic (exact) mass is 448 g/mol. The van der Waals surface area contributed by atoms with Crippen molar-refractivity contribution < 1.29 is 17.6 Å². The number of nitrogens with zero attached hydrogens (tertiary/aromatic N) is 1. The molecule has 1 atom stereocenters. The van der Waals surface area contributed by atoms with E-state index in [0.29, 0.717) is 23.4 Å². The van der Waals surface area contributed by atoms with Gasteiger partial charge in [-0.3, -0.25) is 4.79 Å². The number of piperidine rings is 1. The summed E-state index contributed by atoms with van der Waals surface area (Å²) in [7, 11) is -3.56. The molecule has 0 unspecified atom stereocenters. The van der Waals surface area contributed by atoms with Crippen LogP contribution < -0.4 is 5.32 Å². The Balaban J connectivity index is 1.35. The SMILES string of the molecule is C[C@H]1CCCCN1S(=O)(=O)c1ccc(C(=O)Nc2ccc3c(c2)oc2ccccc23)cc1. The number of hydrogen-bond acceptors (Lipinski definition) is 4. The molecule has 164 valence electrons. The van der Waals surface area contributed by atoms with Crippen molar-refractivity contribution in [3.05, 3.63) is 72.3 Å². The molecular formula is C25H24N2O4S. The van der Waals surface area contributed by atoms with E-state index >= 15 is 0 Å². The molecule has 7 heteroatoms. The van der Waals surface area contributed by atoms with Gasteiger partial charge < -0.3 is 9.73 Å². The van der Waals surface area contributed by atoms with Crippen LogP contribution in [0.25, 0.3) is 21.9 Å². The lowest BCUT2D eigenvalue weighted by Crippen LogP contribution is -2.41.